The molecule has 4 rings (SSSR count). The Labute approximate surface area is 206 Å². The minimum absolute atomic E-state index is 0. The summed E-state index contributed by atoms with van der Waals surface area (Å²) in [6.07, 6.45) is 1.87. The van der Waals surface area contributed by atoms with Gasteiger partial charge in [-0.1, -0.05) is 18.2 Å². The highest BCUT2D eigenvalue weighted by Crippen LogP contribution is 2.40. The molecule has 0 unspecified atom stereocenters. The van der Waals surface area contributed by atoms with Crippen molar-refractivity contribution in [3.63, 3.8) is 0 Å². The van der Waals surface area contributed by atoms with E-state index < -0.39 is 0 Å². The van der Waals surface area contributed by atoms with Crippen molar-refractivity contribution in [2.24, 2.45) is 4.99 Å². The highest BCUT2D eigenvalue weighted by molar-refractivity contribution is 14.0. The molecule has 1 fully saturated rings. The van der Waals surface area contributed by atoms with Crippen LogP contribution in [0.3, 0.4) is 0 Å². The number of aliphatic imine (C=N–C) groups is 1. The number of hydrogen-bond donors (Lipinski definition) is 2. The molecule has 0 aromatic heterocycles. The summed E-state index contributed by atoms with van der Waals surface area (Å²) in [7, 11) is 3.49. The van der Waals surface area contributed by atoms with Crippen LogP contribution in [0.2, 0.25) is 0 Å². The summed E-state index contributed by atoms with van der Waals surface area (Å²) in [5, 5.41) is 6.95. The first kappa shape index (κ1) is 24.4. The van der Waals surface area contributed by atoms with Gasteiger partial charge in [0.1, 0.15) is 5.75 Å². The average molecular weight is 553 g/mol. The molecule has 2 aromatic carbocycles. The lowest BCUT2D eigenvalue weighted by atomic mass is 9.74. The Morgan fingerprint density at radius 1 is 1.06 bits per heavy atom. The predicted molar refractivity (Wildman–Crippen MR) is 136 cm³/mol. The summed E-state index contributed by atoms with van der Waals surface area (Å²) in [5.74, 6) is 3.26. The summed E-state index contributed by atoms with van der Waals surface area (Å²) in [4.78, 5) is 4.42. The molecule has 8 heteroatoms. The zero-order valence-corrected chi connectivity index (χ0v) is 21.2. The molecular formula is C24H32IN3O4. The van der Waals surface area contributed by atoms with Crippen molar-refractivity contribution in [3.05, 3.63) is 53.1 Å². The van der Waals surface area contributed by atoms with Gasteiger partial charge < -0.3 is 29.6 Å². The second-order valence-electron chi connectivity index (χ2n) is 8.06. The Balaban J connectivity index is 0.00000289. The van der Waals surface area contributed by atoms with Crippen molar-refractivity contribution in [3.8, 4) is 17.2 Å². The van der Waals surface area contributed by atoms with Gasteiger partial charge in [-0.05, 0) is 49.1 Å². The molecule has 174 valence electrons. The monoisotopic (exact) mass is 553 g/mol. The maximum atomic E-state index is 5.67. The number of nitrogens with zero attached hydrogens (tertiary/aromatic N) is 1. The van der Waals surface area contributed by atoms with Crippen molar-refractivity contribution in [1.82, 2.24) is 10.6 Å². The standard InChI is InChI=1S/C24H31N3O4.HI/c1-17-4-5-18(21(12-17)28-3)14-26-23(25-2)27-15-24(8-10-29-11-9-24)19-6-7-20-22(13-19)31-16-30-20;/h4-7,12-13H,8-11,14-16H2,1-3H3,(H2,25,26,27);1H. The molecule has 0 atom stereocenters. The van der Waals surface area contributed by atoms with E-state index in [4.69, 9.17) is 18.9 Å². The molecule has 0 radical (unpaired) electrons. The summed E-state index contributed by atoms with van der Waals surface area (Å²) < 4.78 is 22.3. The number of halogens is 1. The number of aryl methyl sites for hydroxylation is 1. The van der Waals surface area contributed by atoms with Crippen molar-refractivity contribution in [2.75, 3.05) is 40.7 Å². The Morgan fingerprint density at radius 3 is 2.59 bits per heavy atom. The number of methoxy groups -OCH3 is 1. The maximum absolute atomic E-state index is 5.67. The summed E-state index contributed by atoms with van der Waals surface area (Å²) in [5.41, 5.74) is 3.45. The largest absolute Gasteiger partial charge is 0.496 e. The topological polar surface area (TPSA) is 73.3 Å². The summed E-state index contributed by atoms with van der Waals surface area (Å²) >= 11 is 0. The fraction of sp³-hybridized carbons (Fsp3) is 0.458. The first-order chi connectivity index (χ1) is 15.1. The van der Waals surface area contributed by atoms with E-state index in [-0.39, 0.29) is 36.2 Å². The molecule has 2 heterocycles. The molecule has 0 bridgehead atoms. The Hall–Kier alpha value is -2.20. The molecule has 2 aromatic rings. The smallest absolute Gasteiger partial charge is 0.231 e. The van der Waals surface area contributed by atoms with E-state index in [0.29, 0.717) is 6.54 Å². The third-order valence-corrected chi connectivity index (χ3v) is 6.14. The van der Waals surface area contributed by atoms with Gasteiger partial charge in [0, 0.05) is 44.3 Å². The molecule has 0 aliphatic carbocycles. The minimum Gasteiger partial charge on any atom is -0.496 e. The van der Waals surface area contributed by atoms with Crippen molar-refractivity contribution in [1.29, 1.82) is 0 Å². The predicted octanol–water partition coefficient (Wildman–Crippen LogP) is 3.76. The van der Waals surface area contributed by atoms with Crippen LogP contribution in [0.15, 0.2) is 41.4 Å². The second kappa shape index (κ2) is 11.1. The molecule has 2 aliphatic heterocycles. The molecule has 0 spiro atoms. The molecule has 2 aliphatic rings. The SMILES string of the molecule is CN=C(NCc1ccc(C)cc1OC)NCC1(c2ccc3c(c2)OCO3)CCOCC1.I. The molecule has 2 N–H and O–H groups in total. The Morgan fingerprint density at radius 2 is 1.84 bits per heavy atom. The number of hydrogen-bond acceptors (Lipinski definition) is 5. The van der Waals surface area contributed by atoms with Gasteiger partial charge in [-0.15, -0.1) is 24.0 Å². The average Bonchev–Trinajstić information content (AvgIpc) is 3.28. The van der Waals surface area contributed by atoms with Crippen molar-refractivity contribution < 1.29 is 18.9 Å². The van der Waals surface area contributed by atoms with Crippen LogP contribution in [0.25, 0.3) is 0 Å². The van der Waals surface area contributed by atoms with E-state index in [1.54, 1.807) is 14.2 Å². The third kappa shape index (κ3) is 5.40. The first-order valence-electron chi connectivity index (χ1n) is 10.7. The van der Waals surface area contributed by atoms with Crippen LogP contribution in [0.1, 0.15) is 29.5 Å². The summed E-state index contributed by atoms with van der Waals surface area (Å²) in [6.45, 7) is 5.20. The van der Waals surface area contributed by atoms with Gasteiger partial charge in [0.15, 0.2) is 17.5 Å². The highest BCUT2D eigenvalue weighted by Gasteiger charge is 2.35. The van der Waals surface area contributed by atoms with Crippen LogP contribution in [0.5, 0.6) is 17.2 Å². The molecular weight excluding hydrogens is 521 g/mol. The number of benzene rings is 2. The van der Waals surface area contributed by atoms with Crippen LogP contribution in [-0.2, 0) is 16.7 Å². The van der Waals surface area contributed by atoms with E-state index in [1.807, 2.05) is 12.1 Å². The highest BCUT2D eigenvalue weighted by atomic mass is 127. The lowest BCUT2D eigenvalue weighted by molar-refractivity contribution is 0.0513. The van der Waals surface area contributed by atoms with Gasteiger partial charge in [0.05, 0.1) is 7.11 Å². The van der Waals surface area contributed by atoms with Crippen LogP contribution in [0, 0.1) is 6.92 Å². The number of guanidine groups is 1. The van der Waals surface area contributed by atoms with Gasteiger partial charge in [-0.2, -0.15) is 0 Å². The number of rotatable bonds is 6. The first-order valence-corrected chi connectivity index (χ1v) is 10.7. The zero-order valence-electron chi connectivity index (χ0n) is 18.9. The summed E-state index contributed by atoms with van der Waals surface area (Å²) in [6, 6.07) is 12.5. The van der Waals surface area contributed by atoms with Gasteiger partial charge in [0.2, 0.25) is 6.79 Å². The fourth-order valence-corrected chi connectivity index (χ4v) is 4.21. The van der Waals surface area contributed by atoms with Crippen molar-refractivity contribution >= 4 is 29.9 Å². The normalized spacial score (nSPS) is 16.8. The maximum Gasteiger partial charge on any atom is 0.231 e. The quantitative estimate of drug-likeness (QED) is 0.323. The molecule has 32 heavy (non-hydrogen) atoms. The second-order valence-corrected chi connectivity index (χ2v) is 8.06. The molecule has 1 saturated heterocycles. The molecule has 0 saturated carbocycles. The lowest BCUT2D eigenvalue weighted by Crippen LogP contribution is -2.47. The van der Waals surface area contributed by atoms with E-state index in [0.717, 1.165) is 61.4 Å². The Bertz CT molecular complexity index is 945. The van der Waals surface area contributed by atoms with E-state index >= 15 is 0 Å². The molecule has 0 amide bonds. The van der Waals surface area contributed by atoms with Gasteiger partial charge in [-0.3, -0.25) is 4.99 Å². The van der Waals surface area contributed by atoms with Gasteiger partial charge >= 0.3 is 0 Å². The van der Waals surface area contributed by atoms with Crippen LogP contribution < -0.4 is 24.8 Å². The number of nitrogens with one attached hydrogen (secondary N) is 2. The fourth-order valence-electron chi connectivity index (χ4n) is 4.21. The van der Waals surface area contributed by atoms with Crippen LogP contribution in [-0.4, -0.2) is 46.7 Å². The van der Waals surface area contributed by atoms with E-state index in [1.165, 1.54) is 11.1 Å². The lowest BCUT2D eigenvalue weighted by Gasteiger charge is -2.38. The van der Waals surface area contributed by atoms with Gasteiger partial charge in [-0.25, -0.2) is 0 Å². The van der Waals surface area contributed by atoms with Gasteiger partial charge in [0.25, 0.3) is 0 Å². The molecule has 7 nitrogen and oxygen atoms in total. The number of fused-ring (bicyclic) bond motifs is 1. The minimum atomic E-state index is -0.0571. The Kier molecular flexibility index (Phi) is 8.47. The van der Waals surface area contributed by atoms with E-state index in [2.05, 4.69) is 46.8 Å². The number of ether oxygens (including phenoxy) is 4. The van der Waals surface area contributed by atoms with Crippen LogP contribution >= 0.6 is 24.0 Å². The van der Waals surface area contributed by atoms with Crippen molar-refractivity contribution in [2.45, 2.75) is 31.7 Å². The zero-order chi connectivity index (χ0) is 21.7. The van der Waals surface area contributed by atoms with Crippen LogP contribution in [0.4, 0.5) is 0 Å². The third-order valence-electron chi connectivity index (χ3n) is 6.14. The van der Waals surface area contributed by atoms with E-state index in [9.17, 15) is 0 Å².